The van der Waals surface area contributed by atoms with Gasteiger partial charge >= 0.3 is 0 Å². The van der Waals surface area contributed by atoms with Gasteiger partial charge in [0, 0.05) is 32.7 Å². The number of nitriles is 1. The maximum Gasteiger partial charge on any atom is 0.237 e. The van der Waals surface area contributed by atoms with E-state index in [9.17, 15) is 10.1 Å². The van der Waals surface area contributed by atoms with Crippen LogP contribution in [0.3, 0.4) is 0 Å². The first-order valence-corrected chi connectivity index (χ1v) is 7.91. The zero-order valence-electron chi connectivity index (χ0n) is 12.5. The minimum absolute atomic E-state index is 0.0464. The molecule has 2 fully saturated rings. The summed E-state index contributed by atoms with van der Waals surface area (Å²) in [6.07, 6.45) is 5.18. The molecular formula is C15H26N4O. The van der Waals surface area contributed by atoms with Gasteiger partial charge < -0.3 is 5.32 Å². The average Bonchev–Trinajstić information content (AvgIpc) is 2.70. The molecule has 1 N–H and O–H groups in total. The summed E-state index contributed by atoms with van der Waals surface area (Å²) in [6.45, 7) is 6.56. The molecule has 2 atom stereocenters. The van der Waals surface area contributed by atoms with Gasteiger partial charge in [0.15, 0.2) is 0 Å². The molecule has 0 saturated carbocycles. The Morgan fingerprint density at radius 2 is 2.10 bits per heavy atom. The van der Waals surface area contributed by atoms with Crippen LogP contribution in [0.5, 0.6) is 0 Å². The molecule has 2 saturated heterocycles. The fraction of sp³-hybridized carbons (Fsp3) is 0.867. The first-order chi connectivity index (χ1) is 9.76. The number of nitrogens with one attached hydrogen (secondary N) is 1. The van der Waals surface area contributed by atoms with Crippen LogP contribution in [0.2, 0.25) is 0 Å². The molecule has 20 heavy (non-hydrogen) atoms. The summed E-state index contributed by atoms with van der Waals surface area (Å²) in [7, 11) is 0. The molecule has 0 aromatic rings. The van der Waals surface area contributed by atoms with Crippen molar-refractivity contribution in [1.82, 2.24) is 15.1 Å². The normalized spacial score (nSPS) is 27.4. The van der Waals surface area contributed by atoms with Gasteiger partial charge in [-0.25, -0.2) is 0 Å². The number of hydrogen-bond donors (Lipinski definition) is 1. The van der Waals surface area contributed by atoms with Crippen LogP contribution in [0.15, 0.2) is 0 Å². The third-order valence-corrected chi connectivity index (χ3v) is 4.45. The van der Waals surface area contributed by atoms with Crippen LogP contribution in [-0.2, 0) is 4.79 Å². The van der Waals surface area contributed by atoms with Gasteiger partial charge in [-0.1, -0.05) is 13.3 Å². The molecule has 2 rings (SSSR count). The summed E-state index contributed by atoms with van der Waals surface area (Å²) in [5.74, 6) is 0.196. The van der Waals surface area contributed by atoms with E-state index in [2.05, 4.69) is 28.1 Å². The number of piperazine rings is 1. The Labute approximate surface area is 121 Å². The van der Waals surface area contributed by atoms with Crippen molar-refractivity contribution in [3.8, 4) is 6.07 Å². The predicted molar refractivity (Wildman–Crippen MR) is 78.1 cm³/mol. The summed E-state index contributed by atoms with van der Waals surface area (Å²) >= 11 is 0. The SMILES string of the molecule is CCCC(C#N)N1CCN(C2CCCCNC2=O)CC1. The Hall–Kier alpha value is -1.12. The molecule has 2 aliphatic heterocycles. The van der Waals surface area contributed by atoms with Crippen molar-refractivity contribution >= 4 is 5.91 Å². The fourth-order valence-electron chi connectivity index (χ4n) is 3.23. The van der Waals surface area contributed by atoms with Crippen LogP contribution in [0.1, 0.15) is 39.0 Å². The van der Waals surface area contributed by atoms with Crippen molar-refractivity contribution in [2.75, 3.05) is 32.7 Å². The molecule has 112 valence electrons. The zero-order valence-corrected chi connectivity index (χ0v) is 12.5. The van der Waals surface area contributed by atoms with Gasteiger partial charge in [0.2, 0.25) is 5.91 Å². The van der Waals surface area contributed by atoms with Crippen LogP contribution < -0.4 is 5.32 Å². The largest absolute Gasteiger partial charge is 0.355 e. The highest BCUT2D eigenvalue weighted by molar-refractivity contribution is 5.81. The lowest BCUT2D eigenvalue weighted by atomic mass is 10.1. The van der Waals surface area contributed by atoms with Crippen molar-refractivity contribution in [2.45, 2.75) is 51.1 Å². The molecule has 0 bridgehead atoms. The quantitative estimate of drug-likeness (QED) is 0.832. The van der Waals surface area contributed by atoms with Crippen LogP contribution in [0, 0.1) is 11.3 Å². The van der Waals surface area contributed by atoms with Gasteiger partial charge in [0.25, 0.3) is 0 Å². The van der Waals surface area contributed by atoms with Gasteiger partial charge in [-0.2, -0.15) is 5.26 Å². The lowest BCUT2D eigenvalue weighted by molar-refractivity contribution is -0.127. The molecule has 0 aliphatic carbocycles. The number of amides is 1. The van der Waals surface area contributed by atoms with Crippen LogP contribution in [-0.4, -0.2) is 60.5 Å². The maximum absolute atomic E-state index is 12.1. The highest BCUT2D eigenvalue weighted by Crippen LogP contribution is 2.17. The van der Waals surface area contributed by atoms with Crippen molar-refractivity contribution in [1.29, 1.82) is 5.26 Å². The summed E-state index contributed by atoms with van der Waals surface area (Å²) in [5.41, 5.74) is 0. The summed E-state index contributed by atoms with van der Waals surface area (Å²) in [6, 6.07) is 2.51. The monoisotopic (exact) mass is 278 g/mol. The van der Waals surface area contributed by atoms with Crippen LogP contribution in [0.4, 0.5) is 0 Å². The van der Waals surface area contributed by atoms with E-state index in [4.69, 9.17) is 0 Å². The third kappa shape index (κ3) is 3.71. The maximum atomic E-state index is 12.1. The second-order valence-corrected chi connectivity index (χ2v) is 5.81. The van der Waals surface area contributed by atoms with Gasteiger partial charge in [0.1, 0.15) is 0 Å². The van der Waals surface area contributed by atoms with E-state index < -0.39 is 0 Å². The van der Waals surface area contributed by atoms with Gasteiger partial charge in [0.05, 0.1) is 18.2 Å². The highest BCUT2D eigenvalue weighted by Gasteiger charge is 2.31. The Balaban J connectivity index is 1.87. The number of hydrogen-bond acceptors (Lipinski definition) is 4. The van der Waals surface area contributed by atoms with Crippen LogP contribution in [0.25, 0.3) is 0 Å². The molecule has 0 radical (unpaired) electrons. The zero-order chi connectivity index (χ0) is 14.4. The van der Waals surface area contributed by atoms with E-state index in [-0.39, 0.29) is 18.0 Å². The van der Waals surface area contributed by atoms with Crippen molar-refractivity contribution in [3.63, 3.8) is 0 Å². The first kappa shape index (κ1) is 15.3. The van der Waals surface area contributed by atoms with Gasteiger partial charge in [-0.3, -0.25) is 14.6 Å². The van der Waals surface area contributed by atoms with E-state index in [1.165, 1.54) is 0 Å². The molecule has 2 aliphatic rings. The number of rotatable bonds is 4. The summed E-state index contributed by atoms with van der Waals surface area (Å²) in [5, 5.41) is 12.2. The van der Waals surface area contributed by atoms with E-state index >= 15 is 0 Å². The Morgan fingerprint density at radius 3 is 2.75 bits per heavy atom. The standard InChI is InChI=1S/C15H26N4O/c1-2-5-13(12-16)18-8-10-19(11-9-18)14-6-3-4-7-17-15(14)20/h13-14H,2-11H2,1H3,(H,17,20). The smallest absolute Gasteiger partial charge is 0.237 e. The molecule has 1 amide bonds. The highest BCUT2D eigenvalue weighted by atomic mass is 16.2. The second kappa shape index (κ2) is 7.61. The topological polar surface area (TPSA) is 59.4 Å². The Bertz CT molecular complexity index is 357. The Kier molecular flexibility index (Phi) is 5.81. The molecule has 2 heterocycles. The van der Waals surface area contributed by atoms with Crippen molar-refractivity contribution in [3.05, 3.63) is 0 Å². The first-order valence-electron chi connectivity index (χ1n) is 7.91. The van der Waals surface area contributed by atoms with Gasteiger partial charge in [-0.15, -0.1) is 0 Å². The summed E-state index contributed by atoms with van der Waals surface area (Å²) < 4.78 is 0. The predicted octanol–water partition coefficient (Wildman–Crippen LogP) is 0.965. The molecular weight excluding hydrogens is 252 g/mol. The number of carbonyl (C=O) groups excluding carboxylic acids is 1. The molecule has 0 aromatic carbocycles. The Morgan fingerprint density at radius 1 is 1.35 bits per heavy atom. The lowest BCUT2D eigenvalue weighted by Gasteiger charge is -2.39. The number of carbonyl (C=O) groups is 1. The van der Waals surface area contributed by atoms with Crippen LogP contribution >= 0.6 is 0 Å². The molecule has 2 unspecified atom stereocenters. The van der Waals surface area contributed by atoms with E-state index in [1.54, 1.807) is 0 Å². The van der Waals surface area contributed by atoms with E-state index in [1.807, 2.05) is 0 Å². The van der Waals surface area contributed by atoms with E-state index in [0.29, 0.717) is 0 Å². The number of nitrogens with zero attached hydrogens (tertiary/aromatic N) is 3. The second-order valence-electron chi connectivity index (χ2n) is 5.81. The minimum atomic E-state index is 0.0464. The molecule has 5 nitrogen and oxygen atoms in total. The van der Waals surface area contributed by atoms with E-state index in [0.717, 1.165) is 64.8 Å². The van der Waals surface area contributed by atoms with Gasteiger partial charge in [-0.05, 0) is 25.7 Å². The third-order valence-electron chi connectivity index (χ3n) is 4.45. The molecule has 0 aromatic heterocycles. The summed E-state index contributed by atoms with van der Waals surface area (Å²) in [4.78, 5) is 16.6. The lowest BCUT2D eigenvalue weighted by Crippen LogP contribution is -2.56. The molecule has 5 heteroatoms. The fourth-order valence-corrected chi connectivity index (χ4v) is 3.23. The van der Waals surface area contributed by atoms with Crippen molar-refractivity contribution < 1.29 is 4.79 Å². The molecule has 0 spiro atoms. The average molecular weight is 278 g/mol. The minimum Gasteiger partial charge on any atom is -0.355 e. The van der Waals surface area contributed by atoms with Crippen molar-refractivity contribution in [2.24, 2.45) is 0 Å².